The lowest BCUT2D eigenvalue weighted by Gasteiger charge is -2.23. The van der Waals surface area contributed by atoms with Gasteiger partial charge in [-0.2, -0.15) is 0 Å². The highest BCUT2D eigenvalue weighted by atomic mass is 16.6. The van der Waals surface area contributed by atoms with Crippen LogP contribution in [0.5, 0.6) is 0 Å². The topological polar surface area (TPSA) is 221 Å². The van der Waals surface area contributed by atoms with Crippen LogP contribution in [-0.4, -0.2) is 82.9 Å². The number of nitro benzene ring substituents is 2. The third kappa shape index (κ3) is 9.97. The van der Waals surface area contributed by atoms with E-state index in [1.165, 1.54) is 24.3 Å². The molecule has 14 nitrogen and oxygen atoms in total. The molecule has 0 saturated heterocycles. The van der Waals surface area contributed by atoms with Crippen molar-refractivity contribution in [3.63, 3.8) is 0 Å². The van der Waals surface area contributed by atoms with E-state index < -0.39 is 9.85 Å². The molecule has 0 unspecified atom stereocenters. The van der Waals surface area contributed by atoms with Crippen molar-refractivity contribution >= 4 is 34.1 Å². The maximum Gasteiger partial charge on any atom is 0.294 e. The summed E-state index contributed by atoms with van der Waals surface area (Å²) in [5.41, 5.74) is 7.25. The number of nitrogens with two attached hydrogens (primary N) is 1. The number of hydrogen-bond acceptors (Lipinski definition) is 12. The first kappa shape index (κ1) is 29.3. The van der Waals surface area contributed by atoms with E-state index in [4.69, 9.17) is 26.2 Å². The Balaban J connectivity index is 0.000000379. The first-order chi connectivity index (χ1) is 16.8. The lowest BCUT2D eigenvalue weighted by atomic mass is 10.2. The maximum atomic E-state index is 11.2. The van der Waals surface area contributed by atoms with Crippen LogP contribution in [0.15, 0.2) is 36.4 Å². The van der Waals surface area contributed by atoms with Gasteiger partial charge in [0.2, 0.25) is 0 Å². The first-order valence-electron chi connectivity index (χ1n) is 10.8. The SMILES string of the molecule is Nc1cc([N+](=O)[O-])ccc1NCCO.O=[N+]([O-])c1cc(NCCCO)ccc1N(CCO)CCO. The van der Waals surface area contributed by atoms with Gasteiger partial charge in [0.1, 0.15) is 5.69 Å². The van der Waals surface area contributed by atoms with E-state index in [0.29, 0.717) is 42.3 Å². The molecular weight excluding hydrogens is 464 g/mol. The summed E-state index contributed by atoms with van der Waals surface area (Å²) in [5, 5.41) is 62.7. The number of nitrogens with zero attached hydrogens (tertiary/aromatic N) is 3. The van der Waals surface area contributed by atoms with Crippen LogP contribution in [0.4, 0.5) is 34.1 Å². The molecule has 0 fully saturated rings. The number of nitro groups is 2. The van der Waals surface area contributed by atoms with Gasteiger partial charge in [0.15, 0.2) is 0 Å². The van der Waals surface area contributed by atoms with Crippen molar-refractivity contribution in [1.82, 2.24) is 0 Å². The summed E-state index contributed by atoms with van der Waals surface area (Å²) in [7, 11) is 0. The number of aliphatic hydroxyl groups is 4. The summed E-state index contributed by atoms with van der Waals surface area (Å²) in [6.07, 6.45) is 0.552. The highest BCUT2D eigenvalue weighted by Crippen LogP contribution is 2.31. The number of benzene rings is 2. The minimum atomic E-state index is -0.508. The van der Waals surface area contributed by atoms with Crippen molar-refractivity contribution < 1.29 is 30.3 Å². The van der Waals surface area contributed by atoms with Gasteiger partial charge in [-0.05, 0) is 24.6 Å². The molecule has 2 aromatic carbocycles. The zero-order chi connectivity index (χ0) is 26.2. The molecule has 8 N–H and O–H groups in total. The number of anilines is 4. The fourth-order valence-electron chi connectivity index (χ4n) is 2.97. The summed E-state index contributed by atoms with van der Waals surface area (Å²) in [6, 6.07) is 8.85. The van der Waals surface area contributed by atoms with Crippen molar-refractivity contribution in [2.24, 2.45) is 0 Å². The van der Waals surface area contributed by atoms with Crippen molar-refractivity contribution in [2.45, 2.75) is 6.42 Å². The second-order valence-electron chi connectivity index (χ2n) is 7.08. The quantitative estimate of drug-likeness (QED) is 0.0833. The van der Waals surface area contributed by atoms with Crippen LogP contribution >= 0.6 is 0 Å². The van der Waals surface area contributed by atoms with Crippen LogP contribution in [0, 0.1) is 20.2 Å². The van der Waals surface area contributed by atoms with Crippen LogP contribution in [-0.2, 0) is 0 Å². The third-order valence-corrected chi connectivity index (χ3v) is 4.59. The van der Waals surface area contributed by atoms with Gasteiger partial charge in [0.05, 0.1) is 41.0 Å². The zero-order valence-corrected chi connectivity index (χ0v) is 19.2. The molecule has 0 atom stereocenters. The molecule has 0 amide bonds. The van der Waals surface area contributed by atoms with Gasteiger partial charge in [-0.1, -0.05) is 0 Å². The minimum Gasteiger partial charge on any atom is -0.397 e. The van der Waals surface area contributed by atoms with Gasteiger partial charge in [0, 0.05) is 56.7 Å². The number of nitrogens with one attached hydrogen (secondary N) is 2. The number of aliphatic hydroxyl groups excluding tert-OH is 4. The summed E-state index contributed by atoms with van der Waals surface area (Å²) in [4.78, 5) is 22.1. The molecule has 0 aliphatic rings. The van der Waals surface area contributed by atoms with E-state index >= 15 is 0 Å². The van der Waals surface area contributed by atoms with Crippen LogP contribution in [0.1, 0.15) is 6.42 Å². The summed E-state index contributed by atoms with van der Waals surface area (Å²) < 4.78 is 0. The third-order valence-electron chi connectivity index (χ3n) is 4.59. The van der Waals surface area contributed by atoms with Crippen LogP contribution < -0.4 is 21.3 Å². The van der Waals surface area contributed by atoms with Crippen molar-refractivity contribution in [1.29, 1.82) is 0 Å². The predicted molar refractivity (Wildman–Crippen MR) is 133 cm³/mol. The molecule has 0 bridgehead atoms. The normalized spacial score (nSPS) is 10.2. The van der Waals surface area contributed by atoms with E-state index in [2.05, 4.69) is 10.6 Å². The number of nitrogen functional groups attached to an aromatic ring is 1. The molecule has 14 heteroatoms. The molecule has 0 aliphatic heterocycles. The average molecular weight is 497 g/mol. The van der Waals surface area contributed by atoms with Crippen LogP contribution in [0.2, 0.25) is 0 Å². The zero-order valence-electron chi connectivity index (χ0n) is 19.2. The van der Waals surface area contributed by atoms with Crippen molar-refractivity contribution in [3.05, 3.63) is 56.6 Å². The van der Waals surface area contributed by atoms with Gasteiger partial charge in [-0.25, -0.2) is 0 Å². The molecule has 2 rings (SSSR count). The van der Waals surface area contributed by atoms with Crippen LogP contribution in [0.25, 0.3) is 0 Å². The molecule has 35 heavy (non-hydrogen) atoms. The summed E-state index contributed by atoms with van der Waals surface area (Å²) >= 11 is 0. The second kappa shape index (κ2) is 16.0. The number of hydrogen-bond donors (Lipinski definition) is 7. The molecule has 194 valence electrons. The van der Waals surface area contributed by atoms with E-state index in [1.807, 2.05) is 0 Å². The van der Waals surface area contributed by atoms with Gasteiger partial charge in [-0.15, -0.1) is 0 Å². The first-order valence-corrected chi connectivity index (χ1v) is 10.8. The predicted octanol–water partition coefficient (Wildman–Crippen LogP) is 0.761. The molecule has 0 radical (unpaired) electrons. The lowest BCUT2D eigenvalue weighted by Crippen LogP contribution is -2.30. The smallest absolute Gasteiger partial charge is 0.294 e. The van der Waals surface area contributed by atoms with Gasteiger partial charge in [0.25, 0.3) is 11.4 Å². The van der Waals surface area contributed by atoms with Crippen molar-refractivity contribution in [2.75, 3.05) is 73.9 Å². The standard InChI is InChI=1S/C13H21N3O5.C8H11N3O3/c17-7-1-4-14-11-2-3-12(13(10-11)16(20)21)15(5-8-18)6-9-19;9-7-5-6(11(13)14)1-2-8(7)10-3-4-12/h2-3,10,14,17-19H,1,4-9H2;1-2,5,10,12H,3-4,9H2. The fraction of sp³-hybridized carbons (Fsp3) is 0.429. The highest BCUT2D eigenvalue weighted by molar-refractivity contribution is 5.70. The molecular formula is C21H32N6O8. The van der Waals surface area contributed by atoms with Crippen molar-refractivity contribution in [3.8, 4) is 0 Å². The van der Waals surface area contributed by atoms with E-state index in [9.17, 15) is 20.2 Å². The summed E-state index contributed by atoms with van der Waals surface area (Å²) in [5.74, 6) is 0. The molecule has 0 heterocycles. The van der Waals surface area contributed by atoms with Gasteiger partial charge < -0.3 is 41.7 Å². The Labute approximate surface area is 201 Å². The van der Waals surface area contributed by atoms with E-state index in [1.54, 1.807) is 17.0 Å². The average Bonchev–Trinajstić information content (AvgIpc) is 2.83. The number of non-ortho nitro benzene ring substituents is 1. The van der Waals surface area contributed by atoms with Crippen LogP contribution in [0.3, 0.4) is 0 Å². The Hall–Kier alpha value is -3.72. The largest absolute Gasteiger partial charge is 0.397 e. The van der Waals surface area contributed by atoms with Gasteiger partial charge >= 0.3 is 0 Å². The number of rotatable bonds is 14. The van der Waals surface area contributed by atoms with E-state index in [0.717, 1.165) is 0 Å². The molecule has 0 aliphatic carbocycles. The molecule has 0 saturated carbocycles. The highest BCUT2D eigenvalue weighted by Gasteiger charge is 2.19. The lowest BCUT2D eigenvalue weighted by molar-refractivity contribution is -0.384. The minimum absolute atomic E-state index is 0.0174. The molecule has 0 spiro atoms. The Morgan fingerprint density at radius 3 is 2.03 bits per heavy atom. The molecule has 2 aromatic rings. The Morgan fingerprint density at radius 2 is 1.51 bits per heavy atom. The monoisotopic (exact) mass is 496 g/mol. The Morgan fingerprint density at radius 1 is 0.829 bits per heavy atom. The molecule has 0 aromatic heterocycles. The Bertz CT molecular complexity index is 940. The maximum absolute atomic E-state index is 11.2. The van der Waals surface area contributed by atoms with Gasteiger partial charge in [-0.3, -0.25) is 20.2 Å². The van der Waals surface area contributed by atoms with E-state index in [-0.39, 0.29) is 50.9 Å². The second-order valence-corrected chi connectivity index (χ2v) is 7.08. The summed E-state index contributed by atoms with van der Waals surface area (Å²) in [6.45, 7) is 1.01. The fourth-order valence-corrected chi connectivity index (χ4v) is 2.97. The Kier molecular flexibility index (Phi) is 13.4.